The van der Waals surface area contributed by atoms with Gasteiger partial charge in [-0.15, -0.1) is 0 Å². The smallest absolute Gasteiger partial charge is 0.129 e. The van der Waals surface area contributed by atoms with Crippen molar-refractivity contribution in [3.05, 3.63) is 35.9 Å². The van der Waals surface area contributed by atoms with Gasteiger partial charge >= 0.3 is 0 Å². The molecule has 3 heteroatoms. The highest BCUT2D eigenvalue weighted by molar-refractivity contribution is 5.81. The van der Waals surface area contributed by atoms with Crippen molar-refractivity contribution in [3.63, 3.8) is 0 Å². The van der Waals surface area contributed by atoms with Gasteiger partial charge in [0.15, 0.2) is 0 Å². The summed E-state index contributed by atoms with van der Waals surface area (Å²) in [6, 6.07) is 11.0. The maximum absolute atomic E-state index is 5.92. The molecule has 0 radical (unpaired) electrons. The van der Waals surface area contributed by atoms with Gasteiger partial charge in [0.25, 0.3) is 0 Å². The number of anilines is 1. The Labute approximate surface area is 120 Å². The zero-order valence-corrected chi connectivity index (χ0v) is 12.1. The highest BCUT2D eigenvalue weighted by Crippen LogP contribution is 2.28. The van der Waals surface area contributed by atoms with Crippen molar-refractivity contribution in [2.45, 2.75) is 38.6 Å². The first-order chi connectivity index (χ1) is 9.78. The Balaban J connectivity index is 1.87. The van der Waals surface area contributed by atoms with Gasteiger partial charge in [-0.25, -0.2) is 4.98 Å². The number of hydrogen-bond acceptors (Lipinski definition) is 3. The molecular formula is C17H23N3. The zero-order valence-electron chi connectivity index (χ0n) is 12.1. The van der Waals surface area contributed by atoms with Crippen LogP contribution in [0.2, 0.25) is 0 Å². The SMILES string of the molecule is Cc1cc2ccccc2nc1NC1CCCCC1CN. The van der Waals surface area contributed by atoms with Crippen molar-refractivity contribution in [2.75, 3.05) is 11.9 Å². The van der Waals surface area contributed by atoms with Gasteiger partial charge < -0.3 is 11.1 Å². The third-order valence-electron chi connectivity index (χ3n) is 4.45. The average molecular weight is 269 g/mol. The van der Waals surface area contributed by atoms with Crippen LogP contribution in [-0.2, 0) is 0 Å². The minimum Gasteiger partial charge on any atom is -0.367 e. The Morgan fingerprint density at radius 2 is 2.05 bits per heavy atom. The van der Waals surface area contributed by atoms with Crippen LogP contribution in [0.1, 0.15) is 31.2 Å². The van der Waals surface area contributed by atoms with E-state index in [1.807, 2.05) is 6.07 Å². The quantitative estimate of drug-likeness (QED) is 0.897. The predicted octanol–water partition coefficient (Wildman–Crippen LogP) is 3.47. The summed E-state index contributed by atoms with van der Waals surface area (Å²) in [7, 11) is 0. The molecule has 2 aromatic rings. The average Bonchev–Trinajstić information content (AvgIpc) is 2.48. The molecule has 1 saturated carbocycles. The van der Waals surface area contributed by atoms with Gasteiger partial charge in [0.2, 0.25) is 0 Å². The van der Waals surface area contributed by atoms with Crippen molar-refractivity contribution in [3.8, 4) is 0 Å². The van der Waals surface area contributed by atoms with E-state index in [0.717, 1.165) is 17.9 Å². The molecule has 1 heterocycles. The summed E-state index contributed by atoms with van der Waals surface area (Å²) in [6.07, 6.45) is 5.04. The summed E-state index contributed by atoms with van der Waals surface area (Å²) in [5.74, 6) is 1.60. The number of aromatic nitrogens is 1. The van der Waals surface area contributed by atoms with Crippen LogP contribution in [0.15, 0.2) is 30.3 Å². The normalized spacial score (nSPS) is 22.9. The lowest BCUT2D eigenvalue weighted by Gasteiger charge is -2.32. The van der Waals surface area contributed by atoms with Crippen molar-refractivity contribution < 1.29 is 0 Å². The van der Waals surface area contributed by atoms with Crippen LogP contribution in [0, 0.1) is 12.8 Å². The topological polar surface area (TPSA) is 50.9 Å². The molecule has 1 aromatic heterocycles. The largest absolute Gasteiger partial charge is 0.367 e. The summed E-state index contributed by atoms with van der Waals surface area (Å²) in [5, 5.41) is 4.85. The number of hydrogen-bond donors (Lipinski definition) is 2. The minimum atomic E-state index is 0.473. The van der Waals surface area contributed by atoms with E-state index in [1.54, 1.807) is 0 Å². The lowest BCUT2D eigenvalue weighted by molar-refractivity contribution is 0.332. The molecule has 0 amide bonds. The zero-order chi connectivity index (χ0) is 13.9. The molecule has 0 bridgehead atoms. The lowest BCUT2D eigenvalue weighted by Crippen LogP contribution is -2.37. The number of pyridine rings is 1. The summed E-state index contributed by atoms with van der Waals surface area (Å²) >= 11 is 0. The fraction of sp³-hybridized carbons (Fsp3) is 0.471. The Hall–Kier alpha value is -1.61. The molecule has 3 nitrogen and oxygen atoms in total. The highest BCUT2D eigenvalue weighted by atomic mass is 15.0. The number of benzene rings is 1. The molecule has 0 spiro atoms. The van der Waals surface area contributed by atoms with Crippen LogP contribution in [0.3, 0.4) is 0 Å². The molecule has 3 N–H and O–H groups in total. The van der Waals surface area contributed by atoms with Crippen LogP contribution in [0.4, 0.5) is 5.82 Å². The van der Waals surface area contributed by atoms with Gasteiger partial charge in [0, 0.05) is 11.4 Å². The first kappa shape index (κ1) is 13.4. The summed E-state index contributed by atoms with van der Waals surface area (Å²) in [4.78, 5) is 4.79. The summed E-state index contributed by atoms with van der Waals surface area (Å²) in [6.45, 7) is 2.90. The van der Waals surface area contributed by atoms with Crippen LogP contribution < -0.4 is 11.1 Å². The molecule has 3 rings (SSSR count). The first-order valence-electron chi connectivity index (χ1n) is 7.61. The van der Waals surface area contributed by atoms with Gasteiger partial charge in [0.1, 0.15) is 5.82 Å². The van der Waals surface area contributed by atoms with E-state index < -0.39 is 0 Å². The van der Waals surface area contributed by atoms with E-state index in [1.165, 1.54) is 36.6 Å². The Kier molecular flexibility index (Phi) is 3.88. The molecule has 1 aromatic carbocycles. The maximum Gasteiger partial charge on any atom is 0.129 e. The molecular weight excluding hydrogens is 246 g/mol. The van der Waals surface area contributed by atoms with E-state index in [9.17, 15) is 0 Å². The number of para-hydroxylation sites is 1. The second-order valence-corrected chi connectivity index (χ2v) is 5.88. The van der Waals surface area contributed by atoms with Gasteiger partial charge in [-0.1, -0.05) is 31.0 Å². The number of nitrogens with two attached hydrogens (primary N) is 1. The van der Waals surface area contributed by atoms with Crippen LogP contribution in [0.5, 0.6) is 0 Å². The molecule has 1 fully saturated rings. The fourth-order valence-corrected chi connectivity index (χ4v) is 3.22. The second kappa shape index (κ2) is 5.80. The number of nitrogens with zero attached hydrogens (tertiary/aromatic N) is 1. The fourth-order valence-electron chi connectivity index (χ4n) is 3.22. The number of rotatable bonds is 3. The molecule has 1 aliphatic carbocycles. The van der Waals surface area contributed by atoms with Crippen molar-refractivity contribution >= 4 is 16.7 Å². The summed E-state index contributed by atoms with van der Waals surface area (Å²) < 4.78 is 0. The van der Waals surface area contributed by atoms with Crippen molar-refractivity contribution in [1.29, 1.82) is 0 Å². The van der Waals surface area contributed by atoms with Gasteiger partial charge in [0.05, 0.1) is 5.52 Å². The number of nitrogens with one attached hydrogen (secondary N) is 1. The van der Waals surface area contributed by atoms with E-state index in [2.05, 4.69) is 36.5 Å². The first-order valence-corrected chi connectivity index (χ1v) is 7.61. The standard InChI is InChI=1S/C17H23N3/c1-12-10-13-6-2-4-8-15(13)19-17(12)20-16-9-5-3-7-14(16)11-18/h2,4,6,8,10,14,16H,3,5,7,9,11,18H2,1H3,(H,19,20). The number of aryl methyl sites for hydroxylation is 1. The van der Waals surface area contributed by atoms with Crippen LogP contribution >= 0.6 is 0 Å². The van der Waals surface area contributed by atoms with E-state index in [4.69, 9.17) is 10.7 Å². The van der Waals surface area contributed by atoms with Crippen LogP contribution in [0.25, 0.3) is 10.9 Å². The van der Waals surface area contributed by atoms with Gasteiger partial charge in [-0.2, -0.15) is 0 Å². The van der Waals surface area contributed by atoms with Gasteiger partial charge in [-0.3, -0.25) is 0 Å². The monoisotopic (exact) mass is 269 g/mol. The molecule has 2 unspecified atom stereocenters. The van der Waals surface area contributed by atoms with E-state index in [-0.39, 0.29) is 0 Å². The molecule has 2 atom stereocenters. The Morgan fingerprint density at radius 3 is 2.90 bits per heavy atom. The van der Waals surface area contributed by atoms with Crippen LogP contribution in [-0.4, -0.2) is 17.6 Å². The van der Waals surface area contributed by atoms with Crippen molar-refractivity contribution in [1.82, 2.24) is 4.98 Å². The highest BCUT2D eigenvalue weighted by Gasteiger charge is 2.24. The Morgan fingerprint density at radius 1 is 1.25 bits per heavy atom. The molecule has 0 saturated heterocycles. The molecule has 20 heavy (non-hydrogen) atoms. The molecule has 1 aliphatic rings. The lowest BCUT2D eigenvalue weighted by atomic mass is 9.84. The predicted molar refractivity (Wildman–Crippen MR) is 84.9 cm³/mol. The minimum absolute atomic E-state index is 0.473. The Bertz CT molecular complexity index is 594. The van der Waals surface area contributed by atoms with Crippen molar-refractivity contribution in [2.24, 2.45) is 11.7 Å². The maximum atomic E-state index is 5.92. The van der Waals surface area contributed by atoms with E-state index in [0.29, 0.717) is 12.0 Å². The molecule has 0 aliphatic heterocycles. The molecule has 106 valence electrons. The third-order valence-corrected chi connectivity index (χ3v) is 4.45. The number of fused-ring (bicyclic) bond motifs is 1. The second-order valence-electron chi connectivity index (χ2n) is 5.88. The summed E-state index contributed by atoms with van der Waals surface area (Å²) in [5.41, 5.74) is 8.18. The van der Waals surface area contributed by atoms with E-state index >= 15 is 0 Å². The van der Waals surface area contributed by atoms with Gasteiger partial charge in [-0.05, 0) is 49.9 Å². The third kappa shape index (κ3) is 2.63.